The van der Waals surface area contributed by atoms with Crippen molar-refractivity contribution in [3.05, 3.63) is 21.7 Å². The summed E-state index contributed by atoms with van der Waals surface area (Å²) >= 11 is 5.54. The Kier molecular flexibility index (Phi) is 2.48. The summed E-state index contributed by atoms with van der Waals surface area (Å²) in [4.78, 5) is 16.8. The molecule has 0 fully saturated rings. The summed E-state index contributed by atoms with van der Waals surface area (Å²) in [6, 6.07) is 0. The summed E-state index contributed by atoms with van der Waals surface area (Å²) in [5.74, 6) is 0.179. The third-order valence-corrected chi connectivity index (χ3v) is 1.38. The van der Waals surface area contributed by atoms with Gasteiger partial charge in [0.15, 0.2) is 5.02 Å². The highest BCUT2D eigenvalue weighted by atomic mass is 35.5. The standard InChI is InChI=1S/C6H7ClN2O2/c1-2-11-6-4(7)5(10)8-3-9-6/h3H,2H2,1H3,(H,8,9,10). The van der Waals surface area contributed by atoms with E-state index in [0.717, 1.165) is 0 Å². The van der Waals surface area contributed by atoms with Crippen LogP contribution in [0.2, 0.25) is 5.02 Å². The molecule has 0 atom stereocenters. The van der Waals surface area contributed by atoms with Crippen LogP contribution in [0.1, 0.15) is 6.92 Å². The van der Waals surface area contributed by atoms with Crippen LogP contribution in [0, 0.1) is 0 Å². The van der Waals surface area contributed by atoms with E-state index >= 15 is 0 Å². The van der Waals surface area contributed by atoms with E-state index in [9.17, 15) is 4.79 Å². The second-order valence-corrected chi connectivity index (χ2v) is 2.16. The number of aromatic amines is 1. The quantitative estimate of drug-likeness (QED) is 0.723. The van der Waals surface area contributed by atoms with Crippen LogP contribution in [0.5, 0.6) is 5.88 Å². The predicted octanol–water partition coefficient (Wildman–Crippen LogP) is 0.822. The summed E-state index contributed by atoms with van der Waals surface area (Å²) in [5, 5.41) is -0.00523. The SMILES string of the molecule is CCOc1nc[nH]c(=O)c1Cl. The highest BCUT2D eigenvalue weighted by Gasteiger charge is 2.04. The van der Waals surface area contributed by atoms with Crippen molar-refractivity contribution in [1.29, 1.82) is 0 Å². The van der Waals surface area contributed by atoms with E-state index in [0.29, 0.717) is 6.61 Å². The van der Waals surface area contributed by atoms with Gasteiger partial charge in [-0.15, -0.1) is 0 Å². The van der Waals surface area contributed by atoms with Gasteiger partial charge in [0.25, 0.3) is 5.56 Å². The van der Waals surface area contributed by atoms with Crippen molar-refractivity contribution in [3.8, 4) is 5.88 Å². The molecule has 11 heavy (non-hydrogen) atoms. The molecule has 0 aliphatic rings. The molecule has 1 aromatic rings. The van der Waals surface area contributed by atoms with Gasteiger partial charge in [-0.25, -0.2) is 4.98 Å². The largest absolute Gasteiger partial charge is 0.477 e. The van der Waals surface area contributed by atoms with Crippen LogP contribution in [0.15, 0.2) is 11.1 Å². The molecule has 60 valence electrons. The molecule has 1 heterocycles. The molecule has 0 amide bonds. The normalized spacial score (nSPS) is 9.64. The van der Waals surface area contributed by atoms with Crippen LogP contribution in [0.25, 0.3) is 0 Å². The van der Waals surface area contributed by atoms with E-state index in [1.54, 1.807) is 6.92 Å². The minimum atomic E-state index is -0.384. The van der Waals surface area contributed by atoms with Crippen molar-refractivity contribution in [2.75, 3.05) is 6.61 Å². The number of rotatable bonds is 2. The maximum Gasteiger partial charge on any atom is 0.273 e. The fourth-order valence-corrected chi connectivity index (χ4v) is 0.762. The molecular weight excluding hydrogens is 168 g/mol. The summed E-state index contributed by atoms with van der Waals surface area (Å²) in [6.45, 7) is 2.23. The van der Waals surface area contributed by atoms with Crippen LogP contribution < -0.4 is 10.3 Å². The summed E-state index contributed by atoms with van der Waals surface area (Å²) in [5.41, 5.74) is -0.384. The summed E-state index contributed by atoms with van der Waals surface area (Å²) in [6.07, 6.45) is 1.25. The van der Waals surface area contributed by atoms with Crippen LogP contribution in [0.4, 0.5) is 0 Å². The molecule has 1 aromatic heterocycles. The fourth-order valence-electron chi connectivity index (χ4n) is 0.604. The van der Waals surface area contributed by atoms with Gasteiger partial charge in [-0.1, -0.05) is 11.6 Å². The maximum absolute atomic E-state index is 10.8. The van der Waals surface area contributed by atoms with Gasteiger partial charge >= 0.3 is 0 Å². The Morgan fingerprint density at radius 2 is 2.55 bits per heavy atom. The lowest BCUT2D eigenvalue weighted by Crippen LogP contribution is -2.09. The molecule has 5 heteroatoms. The molecule has 1 N–H and O–H groups in total. The zero-order valence-electron chi connectivity index (χ0n) is 5.93. The zero-order chi connectivity index (χ0) is 8.27. The Balaban J connectivity index is 3.06. The highest BCUT2D eigenvalue weighted by Crippen LogP contribution is 2.14. The monoisotopic (exact) mass is 174 g/mol. The average Bonchev–Trinajstić information content (AvgIpc) is 1.99. The molecule has 0 aromatic carbocycles. The van der Waals surface area contributed by atoms with Crippen molar-refractivity contribution >= 4 is 11.6 Å². The Morgan fingerprint density at radius 3 is 3.18 bits per heavy atom. The third kappa shape index (κ3) is 1.71. The van der Waals surface area contributed by atoms with Crippen LogP contribution in [-0.4, -0.2) is 16.6 Å². The van der Waals surface area contributed by atoms with Crippen LogP contribution in [-0.2, 0) is 0 Å². The number of ether oxygens (including phenoxy) is 1. The minimum absolute atomic E-state index is 0.00523. The Labute approximate surface area is 68.2 Å². The van der Waals surface area contributed by atoms with Gasteiger partial charge in [-0.05, 0) is 6.92 Å². The highest BCUT2D eigenvalue weighted by molar-refractivity contribution is 6.31. The Morgan fingerprint density at radius 1 is 1.82 bits per heavy atom. The number of H-pyrrole nitrogens is 1. The lowest BCUT2D eigenvalue weighted by molar-refractivity contribution is 0.326. The van der Waals surface area contributed by atoms with Crippen molar-refractivity contribution in [2.24, 2.45) is 0 Å². The average molecular weight is 175 g/mol. The molecule has 0 unspecified atom stereocenters. The second kappa shape index (κ2) is 3.39. The zero-order valence-corrected chi connectivity index (χ0v) is 6.68. The first-order valence-corrected chi connectivity index (χ1v) is 3.49. The van der Waals surface area contributed by atoms with E-state index in [1.165, 1.54) is 6.33 Å². The van der Waals surface area contributed by atoms with E-state index in [4.69, 9.17) is 16.3 Å². The van der Waals surface area contributed by atoms with Gasteiger partial charge in [0, 0.05) is 0 Å². The molecule has 0 radical (unpaired) electrons. The number of halogens is 1. The predicted molar refractivity (Wildman–Crippen MR) is 41.0 cm³/mol. The first-order chi connectivity index (χ1) is 5.25. The molecular formula is C6H7ClN2O2. The first-order valence-electron chi connectivity index (χ1n) is 3.11. The van der Waals surface area contributed by atoms with Gasteiger partial charge in [0.1, 0.15) is 0 Å². The van der Waals surface area contributed by atoms with Crippen molar-refractivity contribution in [3.63, 3.8) is 0 Å². The Hall–Kier alpha value is -1.03. The summed E-state index contributed by atoms with van der Waals surface area (Å²) < 4.78 is 4.95. The van der Waals surface area contributed by atoms with E-state index in [-0.39, 0.29) is 16.5 Å². The minimum Gasteiger partial charge on any atom is -0.477 e. The number of nitrogens with one attached hydrogen (secondary N) is 1. The lowest BCUT2D eigenvalue weighted by atomic mass is 10.6. The molecule has 0 saturated heterocycles. The number of hydrogen-bond acceptors (Lipinski definition) is 3. The molecule has 1 rings (SSSR count). The number of aromatic nitrogens is 2. The second-order valence-electron chi connectivity index (χ2n) is 1.78. The molecule has 0 aliphatic carbocycles. The molecule has 0 aliphatic heterocycles. The van der Waals surface area contributed by atoms with E-state index < -0.39 is 0 Å². The van der Waals surface area contributed by atoms with Gasteiger partial charge in [0.2, 0.25) is 5.88 Å². The van der Waals surface area contributed by atoms with Crippen molar-refractivity contribution in [2.45, 2.75) is 6.92 Å². The van der Waals surface area contributed by atoms with Crippen molar-refractivity contribution < 1.29 is 4.74 Å². The topological polar surface area (TPSA) is 55.0 Å². The number of hydrogen-bond donors (Lipinski definition) is 1. The van der Waals surface area contributed by atoms with Gasteiger partial charge in [-0.2, -0.15) is 0 Å². The third-order valence-electron chi connectivity index (χ3n) is 1.05. The molecule has 0 spiro atoms. The van der Waals surface area contributed by atoms with Gasteiger partial charge in [0.05, 0.1) is 12.9 Å². The van der Waals surface area contributed by atoms with Crippen LogP contribution in [0.3, 0.4) is 0 Å². The number of nitrogens with zero attached hydrogens (tertiary/aromatic N) is 1. The summed E-state index contributed by atoms with van der Waals surface area (Å²) in [7, 11) is 0. The van der Waals surface area contributed by atoms with Crippen molar-refractivity contribution in [1.82, 2.24) is 9.97 Å². The van der Waals surface area contributed by atoms with Gasteiger partial charge in [-0.3, -0.25) is 4.79 Å². The van der Waals surface area contributed by atoms with Crippen LogP contribution >= 0.6 is 11.6 Å². The van der Waals surface area contributed by atoms with E-state index in [1.807, 2.05) is 0 Å². The maximum atomic E-state index is 10.8. The lowest BCUT2D eigenvalue weighted by Gasteiger charge is -2.00. The fraction of sp³-hybridized carbons (Fsp3) is 0.333. The van der Waals surface area contributed by atoms with Gasteiger partial charge < -0.3 is 9.72 Å². The Bertz CT molecular complexity index is 297. The molecule has 0 bridgehead atoms. The molecule has 0 saturated carbocycles. The smallest absolute Gasteiger partial charge is 0.273 e. The molecule has 4 nitrogen and oxygen atoms in total. The first kappa shape index (κ1) is 8.07. The van der Waals surface area contributed by atoms with E-state index in [2.05, 4.69) is 9.97 Å².